The van der Waals surface area contributed by atoms with Crippen LogP contribution in [0, 0.1) is 5.82 Å². The first-order valence-electron chi connectivity index (χ1n) is 6.16. The molecule has 0 radical (unpaired) electrons. The number of aromatic nitrogens is 2. The topological polar surface area (TPSA) is 55.0 Å². The lowest BCUT2D eigenvalue weighted by Crippen LogP contribution is -2.03. The highest BCUT2D eigenvalue weighted by Gasteiger charge is 2.14. The summed E-state index contributed by atoms with van der Waals surface area (Å²) in [5, 5.41) is 0.955. The van der Waals surface area contributed by atoms with Crippen LogP contribution in [0.1, 0.15) is 10.4 Å². The van der Waals surface area contributed by atoms with E-state index >= 15 is 0 Å². The minimum absolute atomic E-state index is 0.332. The van der Waals surface area contributed by atoms with Gasteiger partial charge in [-0.3, -0.25) is 0 Å². The van der Waals surface area contributed by atoms with Crippen molar-refractivity contribution in [2.45, 2.75) is 9.79 Å². The molecule has 21 heavy (non-hydrogen) atoms. The molecule has 0 bridgehead atoms. The Balaban J connectivity index is 1.99. The standard InChI is InChI=1S/C15H11FN2O2S/c1-20-15(19)12-3-2-10(16)7-13(12)21-11-6-9-4-5-17-14(9)18-8-11/h2-8H,1H3,(H,17,18). The second-order valence-electron chi connectivity index (χ2n) is 4.32. The van der Waals surface area contributed by atoms with Gasteiger partial charge in [-0.15, -0.1) is 0 Å². The minimum Gasteiger partial charge on any atom is -0.465 e. The van der Waals surface area contributed by atoms with Crippen molar-refractivity contribution in [3.8, 4) is 0 Å². The molecule has 3 aromatic rings. The van der Waals surface area contributed by atoms with E-state index in [1.54, 1.807) is 12.4 Å². The van der Waals surface area contributed by atoms with Gasteiger partial charge in [0.15, 0.2) is 0 Å². The molecule has 0 fully saturated rings. The third-order valence-corrected chi connectivity index (χ3v) is 3.97. The first-order valence-corrected chi connectivity index (χ1v) is 6.98. The summed E-state index contributed by atoms with van der Waals surface area (Å²) in [6, 6.07) is 7.81. The van der Waals surface area contributed by atoms with E-state index in [1.165, 1.54) is 37.1 Å². The highest BCUT2D eigenvalue weighted by molar-refractivity contribution is 7.99. The first-order chi connectivity index (χ1) is 10.2. The molecule has 0 atom stereocenters. The molecule has 0 aliphatic heterocycles. The summed E-state index contributed by atoms with van der Waals surface area (Å²) >= 11 is 1.27. The Kier molecular flexibility index (Phi) is 3.62. The van der Waals surface area contributed by atoms with E-state index in [-0.39, 0.29) is 0 Å². The monoisotopic (exact) mass is 302 g/mol. The number of fused-ring (bicyclic) bond motifs is 1. The van der Waals surface area contributed by atoms with Gasteiger partial charge in [0.1, 0.15) is 11.5 Å². The van der Waals surface area contributed by atoms with Gasteiger partial charge < -0.3 is 9.72 Å². The van der Waals surface area contributed by atoms with Crippen molar-refractivity contribution in [1.82, 2.24) is 9.97 Å². The fourth-order valence-electron chi connectivity index (χ4n) is 1.96. The molecule has 2 aromatic heterocycles. The van der Waals surface area contributed by atoms with Crippen LogP contribution in [-0.2, 0) is 4.74 Å². The molecule has 1 aromatic carbocycles. The van der Waals surface area contributed by atoms with Crippen LogP contribution < -0.4 is 0 Å². The molecule has 0 aliphatic rings. The van der Waals surface area contributed by atoms with E-state index in [0.717, 1.165) is 15.9 Å². The summed E-state index contributed by atoms with van der Waals surface area (Å²) in [7, 11) is 1.30. The quantitative estimate of drug-likeness (QED) is 0.750. The van der Waals surface area contributed by atoms with Crippen molar-refractivity contribution in [3.05, 3.63) is 54.1 Å². The SMILES string of the molecule is COC(=O)c1ccc(F)cc1Sc1cnc2[nH]ccc2c1. The fourth-order valence-corrected chi connectivity index (χ4v) is 2.94. The smallest absolute Gasteiger partial charge is 0.339 e. The van der Waals surface area contributed by atoms with Gasteiger partial charge in [0.2, 0.25) is 0 Å². The number of hydrogen-bond donors (Lipinski definition) is 1. The summed E-state index contributed by atoms with van der Waals surface area (Å²) in [6.07, 6.45) is 3.48. The van der Waals surface area contributed by atoms with Crippen LogP contribution in [0.3, 0.4) is 0 Å². The number of carbonyl (C=O) groups is 1. The number of aromatic amines is 1. The fraction of sp³-hybridized carbons (Fsp3) is 0.0667. The van der Waals surface area contributed by atoms with Crippen LogP contribution in [0.5, 0.6) is 0 Å². The predicted molar refractivity (Wildman–Crippen MR) is 78.0 cm³/mol. The number of carbonyl (C=O) groups excluding carboxylic acids is 1. The van der Waals surface area contributed by atoms with Crippen molar-refractivity contribution in [2.24, 2.45) is 0 Å². The lowest BCUT2D eigenvalue weighted by atomic mass is 10.2. The van der Waals surface area contributed by atoms with Crippen LogP contribution in [0.2, 0.25) is 0 Å². The van der Waals surface area contributed by atoms with Gasteiger partial charge in [0, 0.05) is 27.6 Å². The number of benzene rings is 1. The maximum absolute atomic E-state index is 13.4. The third-order valence-electron chi connectivity index (χ3n) is 2.95. The highest BCUT2D eigenvalue weighted by atomic mass is 32.2. The summed E-state index contributed by atoms with van der Waals surface area (Å²) in [5.41, 5.74) is 1.12. The maximum atomic E-state index is 13.4. The Labute approximate surface area is 124 Å². The Bertz CT molecular complexity index is 816. The molecule has 4 nitrogen and oxygen atoms in total. The second kappa shape index (κ2) is 5.57. The highest BCUT2D eigenvalue weighted by Crippen LogP contribution is 2.32. The van der Waals surface area contributed by atoms with Crippen molar-refractivity contribution in [2.75, 3.05) is 7.11 Å². The number of nitrogens with one attached hydrogen (secondary N) is 1. The lowest BCUT2D eigenvalue weighted by molar-refractivity contribution is 0.0596. The molecule has 6 heteroatoms. The summed E-state index contributed by atoms with van der Waals surface area (Å²) in [4.78, 5) is 20.3. The number of nitrogens with zero attached hydrogens (tertiary/aromatic N) is 1. The van der Waals surface area contributed by atoms with Gasteiger partial charge in [-0.2, -0.15) is 0 Å². The molecule has 0 amide bonds. The number of methoxy groups -OCH3 is 1. The zero-order valence-electron chi connectivity index (χ0n) is 11.1. The van der Waals surface area contributed by atoms with Gasteiger partial charge in [-0.1, -0.05) is 11.8 Å². The number of halogens is 1. The molecule has 106 valence electrons. The second-order valence-corrected chi connectivity index (χ2v) is 5.44. The number of ether oxygens (including phenoxy) is 1. The lowest BCUT2D eigenvalue weighted by Gasteiger charge is -2.07. The average molecular weight is 302 g/mol. The molecule has 0 saturated carbocycles. The zero-order chi connectivity index (χ0) is 14.8. The molecule has 0 unspecified atom stereocenters. The Hall–Kier alpha value is -2.34. The summed E-state index contributed by atoms with van der Waals surface area (Å²) in [6.45, 7) is 0. The Morgan fingerprint density at radius 1 is 1.33 bits per heavy atom. The van der Waals surface area contributed by atoms with Crippen molar-refractivity contribution < 1.29 is 13.9 Å². The van der Waals surface area contributed by atoms with E-state index in [9.17, 15) is 9.18 Å². The third kappa shape index (κ3) is 2.75. The van der Waals surface area contributed by atoms with Crippen LogP contribution in [0.25, 0.3) is 11.0 Å². The van der Waals surface area contributed by atoms with Gasteiger partial charge >= 0.3 is 5.97 Å². The molecule has 2 heterocycles. The van der Waals surface area contributed by atoms with Gasteiger partial charge in [0.25, 0.3) is 0 Å². The molecule has 0 spiro atoms. The number of rotatable bonds is 3. The van der Waals surface area contributed by atoms with Crippen LogP contribution in [-0.4, -0.2) is 23.0 Å². The molecular weight excluding hydrogens is 291 g/mol. The van der Waals surface area contributed by atoms with Gasteiger partial charge in [-0.05, 0) is 30.3 Å². The van der Waals surface area contributed by atoms with Crippen molar-refractivity contribution in [1.29, 1.82) is 0 Å². The van der Waals surface area contributed by atoms with Crippen LogP contribution in [0.4, 0.5) is 4.39 Å². The average Bonchev–Trinajstić information content (AvgIpc) is 2.94. The zero-order valence-corrected chi connectivity index (χ0v) is 11.9. The minimum atomic E-state index is -0.492. The predicted octanol–water partition coefficient (Wildman–Crippen LogP) is 3.64. The molecule has 1 N–H and O–H groups in total. The number of H-pyrrole nitrogens is 1. The number of esters is 1. The van der Waals surface area contributed by atoms with Crippen LogP contribution in [0.15, 0.2) is 52.5 Å². The van der Waals surface area contributed by atoms with E-state index in [4.69, 9.17) is 4.74 Å². The van der Waals surface area contributed by atoms with E-state index in [1.807, 2.05) is 12.1 Å². The molecule has 3 rings (SSSR count). The largest absolute Gasteiger partial charge is 0.465 e. The summed E-state index contributed by atoms with van der Waals surface area (Å²) in [5.74, 6) is -0.894. The molecule has 0 saturated heterocycles. The molecular formula is C15H11FN2O2S. The Morgan fingerprint density at radius 2 is 2.19 bits per heavy atom. The molecule has 0 aliphatic carbocycles. The van der Waals surface area contributed by atoms with E-state index < -0.39 is 11.8 Å². The van der Waals surface area contributed by atoms with Crippen molar-refractivity contribution >= 4 is 28.8 Å². The van der Waals surface area contributed by atoms with Crippen LogP contribution >= 0.6 is 11.8 Å². The maximum Gasteiger partial charge on any atom is 0.339 e. The number of hydrogen-bond acceptors (Lipinski definition) is 4. The van der Waals surface area contributed by atoms with Crippen molar-refractivity contribution in [3.63, 3.8) is 0 Å². The van der Waals surface area contributed by atoms with Gasteiger partial charge in [-0.25, -0.2) is 14.2 Å². The first kappa shape index (κ1) is 13.6. The van der Waals surface area contributed by atoms with Gasteiger partial charge in [0.05, 0.1) is 12.7 Å². The number of pyridine rings is 1. The Morgan fingerprint density at radius 3 is 3.00 bits per heavy atom. The normalized spacial score (nSPS) is 10.8. The van der Waals surface area contributed by atoms with E-state index in [0.29, 0.717) is 10.5 Å². The summed E-state index contributed by atoms with van der Waals surface area (Å²) < 4.78 is 18.2. The van der Waals surface area contributed by atoms with E-state index in [2.05, 4.69) is 9.97 Å².